The molecule has 21 heavy (non-hydrogen) atoms. The van der Waals surface area contributed by atoms with Crippen LogP contribution in [0.3, 0.4) is 0 Å². The molecule has 0 aromatic heterocycles. The van der Waals surface area contributed by atoms with Crippen LogP contribution in [0.15, 0.2) is 23.1 Å². The summed E-state index contributed by atoms with van der Waals surface area (Å²) in [4.78, 5) is 10.2. The van der Waals surface area contributed by atoms with Crippen LogP contribution in [0, 0.1) is 10.1 Å². The summed E-state index contributed by atoms with van der Waals surface area (Å²) in [5.74, 6) is 0.177. The molecule has 0 radical (unpaired) electrons. The molecule has 118 valence electrons. The summed E-state index contributed by atoms with van der Waals surface area (Å²) in [5.41, 5.74) is -0.0464. The smallest absolute Gasteiger partial charge is 0.293 e. The molecule has 8 nitrogen and oxygen atoms in total. The van der Waals surface area contributed by atoms with Gasteiger partial charge in [-0.25, -0.2) is 13.1 Å². The number of nitro benzene ring substituents is 1. The van der Waals surface area contributed by atoms with Crippen molar-refractivity contribution in [2.75, 3.05) is 30.4 Å². The number of benzene rings is 1. The summed E-state index contributed by atoms with van der Waals surface area (Å²) in [7, 11) is -4.98. The molecule has 0 aliphatic carbocycles. The summed E-state index contributed by atoms with van der Waals surface area (Å²) in [6, 6.07) is 3.65. The maximum atomic E-state index is 12.0. The third-order valence-electron chi connectivity index (χ3n) is 2.53. The monoisotopic (exact) mass is 335 g/mol. The summed E-state index contributed by atoms with van der Waals surface area (Å²) >= 11 is 0. The van der Waals surface area contributed by atoms with Gasteiger partial charge in [0, 0.05) is 42.0 Å². The number of rotatable bonds is 8. The van der Waals surface area contributed by atoms with Crippen LogP contribution in [-0.4, -0.2) is 42.6 Å². The Morgan fingerprint density at radius 2 is 2.05 bits per heavy atom. The molecule has 10 heteroatoms. The second-order valence-electron chi connectivity index (χ2n) is 4.14. The van der Waals surface area contributed by atoms with Gasteiger partial charge < -0.3 is 5.32 Å². The van der Waals surface area contributed by atoms with Crippen LogP contribution in [0.25, 0.3) is 0 Å². The van der Waals surface area contributed by atoms with E-state index in [1.807, 2.05) is 0 Å². The van der Waals surface area contributed by atoms with Gasteiger partial charge in [0.25, 0.3) is 5.69 Å². The highest BCUT2D eigenvalue weighted by Crippen LogP contribution is 2.27. The van der Waals surface area contributed by atoms with Crippen molar-refractivity contribution in [3.05, 3.63) is 28.3 Å². The van der Waals surface area contributed by atoms with E-state index >= 15 is 0 Å². The number of sulfonamides is 1. The zero-order valence-electron chi connectivity index (χ0n) is 11.7. The van der Waals surface area contributed by atoms with Crippen LogP contribution in [-0.2, 0) is 20.8 Å². The number of anilines is 1. The second-order valence-corrected chi connectivity index (χ2v) is 7.46. The lowest BCUT2D eigenvalue weighted by Gasteiger charge is -2.08. The van der Waals surface area contributed by atoms with Crippen molar-refractivity contribution < 1.29 is 17.6 Å². The Balaban J connectivity index is 3.04. The van der Waals surface area contributed by atoms with Gasteiger partial charge in [-0.1, -0.05) is 0 Å². The van der Waals surface area contributed by atoms with Gasteiger partial charge in [-0.3, -0.25) is 14.3 Å². The topological polar surface area (TPSA) is 118 Å². The molecular weight excluding hydrogens is 318 g/mol. The van der Waals surface area contributed by atoms with E-state index in [9.17, 15) is 22.7 Å². The molecule has 1 atom stereocenters. The van der Waals surface area contributed by atoms with Crippen LogP contribution in [0.2, 0.25) is 0 Å². The molecule has 1 unspecified atom stereocenters. The molecule has 0 saturated heterocycles. The minimum atomic E-state index is -3.86. The molecule has 0 aliphatic rings. The summed E-state index contributed by atoms with van der Waals surface area (Å²) in [6.07, 6.45) is 1.46. The fourth-order valence-corrected chi connectivity index (χ4v) is 3.14. The Labute approximate surface area is 125 Å². The molecule has 0 aliphatic heterocycles. The van der Waals surface area contributed by atoms with E-state index in [4.69, 9.17) is 0 Å². The van der Waals surface area contributed by atoms with E-state index in [1.54, 1.807) is 6.92 Å². The lowest BCUT2D eigenvalue weighted by molar-refractivity contribution is -0.384. The maximum absolute atomic E-state index is 12.0. The standard InChI is InChI=1S/C11H17N3O5S2/c1-3-12-10-5-4-9(8-11(10)14(15)16)21(18,19)13-6-7-20(2)17/h4-5,8,12-13H,3,6-7H2,1-2H3. The fourth-order valence-electron chi connectivity index (χ4n) is 1.57. The third kappa shape index (κ3) is 5.06. The summed E-state index contributed by atoms with van der Waals surface area (Å²) < 4.78 is 37.2. The van der Waals surface area contributed by atoms with Crippen molar-refractivity contribution in [3.63, 3.8) is 0 Å². The van der Waals surface area contributed by atoms with Crippen LogP contribution < -0.4 is 10.0 Å². The quantitative estimate of drug-likeness (QED) is 0.533. The lowest BCUT2D eigenvalue weighted by atomic mass is 10.2. The molecule has 0 saturated carbocycles. The number of hydrogen-bond donors (Lipinski definition) is 2. The average molecular weight is 335 g/mol. The first-order valence-electron chi connectivity index (χ1n) is 6.10. The fraction of sp³-hybridized carbons (Fsp3) is 0.455. The highest BCUT2D eigenvalue weighted by Gasteiger charge is 2.20. The first kappa shape index (κ1) is 17.5. The minimum Gasteiger partial charge on any atom is -0.380 e. The van der Waals surface area contributed by atoms with Crippen LogP contribution in [0.4, 0.5) is 11.4 Å². The minimum absolute atomic E-state index is 0.00814. The van der Waals surface area contributed by atoms with Crippen molar-refractivity contribution in [2.24, 2.45) is 0 Å². The van der Waals surface area contributed by atoms with Crippen LogP contribution in [0.1, 0.15) is 6.92 Å². The van der Waals surface area contributed by atoms with Crippen molar-refractivity contribution in [1.29, 1.82) is 0 Å². The maximum Gasteiger partial charge on any atom is 0.293 e. The first-order valence-corrected chi connectivity index (χ1v) is 9.31. The molecule has 1 rings (SSSR count). The van der Waals surface area contributed by atoms with Crippen molar-refractivity contribution in [2.45, 2.75) is 11.8 Å². The van der Waals surface area contributed by atoms with Gasteiger partial charge in [0.2, 0.25) is 10.0 Å². The normalized spacial score (nSPS) is 12.9. The Hall–Kier alpha value is -1.52. The van der Waals surface area contributed by atoms with Crippen LogP contribution >= 0.6 is 0 Å². The molecule has 0 spiro atoms. The van der Waals surface area contributed by atoms with Gasteiger partial charge in [-0.15, -0.1) is 0 Å². The molecule has 0 fully saturated rings. The largest absolute Gasteiger partial charge is 0.380 e. The third-order valence-corrected chi connectivity index (χ3v) is 4.76. The van der Waals surface area contributed by atoms with Crippen molar-refractivity contribution >= 4 is 32.2 Å². The lowest BCUT2D eigenvalue weighted by Crippen LogP contribution is -2.27. The molecule has 1 aromatic rings. The highest BCUT2D eigenvalue weighted by atomic mass is 32.2. The van der Waals surface area contributed by atoms with Gasteiger partial charge in [-0.05, 0) is 19.1 Å². The van der Waals surface area contributed by atoms with E-state index in [-0.39, 0.29) is 28.6 Å². The van der Waals surface area contributed by atoms with E-state index < -0.39 is 25.7 Å². The molecule has 0 amide bonds. The Kier molecular flexibility index (Phi) is 6.24. The zero-order valence-corrected chi connectivity index (χ0v) is 13.3. The SMILES string of the molecule is CCNc1ccc(S(=O)(=O)NCCS(C)=O)cc1[N+](=O)[O-]. The molecule has 0 heterocycles. The molecule has 1 aromatic carbocycles. The van der Waals surface area contributed by atoms with Gasteiger partial charge in [0.1, 0.15) is 5.69 Å². The Bertz CT molecular complexity index is 645. The van der Waals surface area contributed by atoms with E-state index in [1.165, 1.54) is 18.4 Å². The van der Waals surface area contributed by atoms with Gasteiger partial charge in [0.15, 0.2) is 0 Å². The average Bonchev–Trinajstić information content (AvgIpc) is 2.38. The van der Waals surface area contributed by atoms with Gasteiger partial charge >= 0.3 is 0 Å². The molecule has 2 N–H and O–H groups in total. The Morgan fingerprint density at radius 3 is 2.57 bits per heavy atom. The number of hydrogen-bond acceptors (Lipinski definition) is 6. The predicted molar refractivity (Wildman–Crippen MR) is 81.4 cm³/mol. The number of nitro groups is 1. The Morgan fingerprint density at radius 1 is 1.38 bits per heavy atom. The number of nitrogens with zero attached hydrogens (tertiary/aromatic N) is 1. The molecule has 0 bridgehead atoms. The summed E-state index contributed by atoms with van der Waals surface area (Å²) in [5, 5.41) is 13.8. The summed E-state index contributed by atoms with van der Waals surface area (Å²) in [6.45, 7) is 2.27. The van der Waals surface area contributed by atoms with Gasteiger partial charge in [0.05, 0.1) is 9.82 Å². The van der Waals surface area contributed by atoms with E-state index in [2.05, 4.69) is 10.0 Å². The molecular formula is C11H17N3O5S2. The second kappa shape index (κ2) is 7.48. The van der Waals surface area contributed by atoms with Crippen molar-refractivity contribution in [3.8, 4) is 0 Å². The predicted octanol–water partition coefficient (Wildman–Crippen LogP) is 0.683. The van der Waals surface area contributed by atoms with E-state index in [0.717, 1.165) is 6.07 Å². The van der Waals surface area contributed by atoms with Gasteiger partial charge in [-0.2, -0.15) is 0 Å². The number of nitrogens with one attached hydrogen (secondary N) is 2. The van der Waals surface area contributed by atoms with Crippen molar-refractivity contribution in [1.82, 2.24) is 4.72 Å². The highest BCUT2D eigenvalue weighted by molar-refractivity contribution is 7.89. The first-order chi connectivity index (χ1) is 9.77. The van der Waals surface area contributed by atoms with Crippen LogP contribution in [0.5, 0.6) is 0 Å². The zero-order chi connectivity index (χ0) is 16.0. The van der Waals surface area contributed by atoms with E-state index in [0.29, 0.717) is 6.54 Å².